The van der Waals surface area contributed by atoms with E-state index in [1.807, 2.05) is 20.8 Å². The van der Waals surface area contributed by atoms with Gasteiger partial charge in [-0.25, -0.2) is 13.8 Å². The molecule has 1 fully saturated rings. The van der Waals surface area contributed by atoms with Gasteiger partial charge >= 0.3 is 0 Å². The van der Waals surface area contributed by atoms with E-state index in [1.54, 1.807) is 33.7 Å². The van der Waals surface area contributed by atoms with Gasteiger partial charge in [-0.05, 0) is 67.3 Å². The number of thiophene rings is 1. The molecule has 3 heterocycles. The second kappa shape index (κ2) is 14.3. The molecule has 4 rings (SSSR count). The second-order valence-corrected chi connectivity index (χ2v) is 14.1. The van der Waals surface area contributed by atoms with Crippen molar-refractivity contribution in [3.05, 3.63) is 57.3 Å². The minimum absolute atomic E-state index is 0.106. The van der Waals surface area contributed by atoms with E-state index in [9.17, 15) is 28.4 Å². The monoisotopic (exact) mass is 638 g/mol. The maximum Gasteiger partial charge on any atom is 0.272 e. The number of amides is 3. The van der Waals surface area contributed by atoms with E-state index in [0.717, 1.165) is 12.8 Å². The van der Waals surface area contributed by atoms with Gasteiger partial charge in [-0.1, -0.05) is 40.7 Å². The van der Waals surface area contributed by atoms with Crippen molar-refractivity contribution >= 4 is 46.0 Å². The summed E-state index contributed by atoms with van der Waals surface area (Å²) in [6.45, 7) is 11.5. The molecule has 2 aromatic heterocycles. The maximum atomic E-state index is 13.4. The third-order valence-electron chi connectivity index (χ3n) is 7.56. The number of benzene rings is 1. The van der Waals surface area contributed by atoms with Crippen molar-refractivity contribution in [2.45, 2.75) is 79.3 Å². The highest BCUT2D eigenvalue weighted by Crippen LogP contribution is 2.30. The Morgan fingerprint density at radius 1 is 1.18 bits per heavy atom. The number of fused-ring (bicyclic) bond motifs is 1. The highest BCUT2D eigenvalue weighted by molar-refractivity contribution is 7.14. The van der Waals surface area contributed by atoms with Crippen LogP contribution in [0.5, 0.6) is 0 Å². The van der Waals surface area contributed by atoms with Crippen LogP contribution in [0.4, 0.5) is 14.7 Å². The predicted octanol–water partition coefficient (Wildman–Crippen LogP) is 6.94. The van der Waals surface area contributed by atoms with E-state index in [4.69, 9.17) is 0 Å². The molecule has 3 aromatic rings. The third-order valence-corrected chi connectivity index (χ3v) is 8.65. The minimum Gasteiger partial charge on any atom is -0.352 e. The Morgan fingerprint density at radius 3 is 2.58 bits per heavy atom. The Labute approximate surface area is 266 Å². The fourth-order valence-electron chi connectivity index (χ4n) is 5.15. The SMILES string of the molecule is CC(C)CC/C=C(\C#N)C(=O)N1CCC[C@@H]1Cn1c(NC(=O)c2ccc(C(F)F)s2)nc2cc(C(=O)NCC(C)(C)C)ccc21. The average Bonchev–Trinajstić information content (AvgIpc) is 3.73. The predicted molar refractivity (Wildman–Crippen MR) is 171 cm³/mol. The van der Waals surface area contributed by atoms with Gasteiger partial charge in [-0.2, -0.15) is 5.26 Å². The van der Waals surface area contributed by atoms with Crippen molar-refractivity contribution < 1.29 is 23.2 Å². The number of nitrogens with one attached hydrogen (secondary N) is 2. The number of aromatic nitrogens is 2. The van der Waals surface area contributed by atoms with Gasteiger partial charge in [-0.3, -0.25) is 19.7 Å². The van der Waals surface area contributed by atoms with E-state index in [-0.39, 0.29) is 51.1 Å². The molecule has 0 saturated carbocycles. The fourth-order valence-corrected chi connectivity index (χ4v) is 5.91. The quantitative estimate of drug-likeness (QED) is 0.174. The van der Waals surface area contributed by atoms with Gasteiger partial charge in [-0.15, -0.1) is 11.3 Å². The molecule has 1 aliphatic rings. The van der Waals surface area contributed by atoms with Crippen LogP contribution in [-0.2, 0) is 11.3 Å². The molecule has 240 valence electrons. The third kappa shape index (κ3) is 8.54. The molecule has 12 heteroatoms. The largest absolute Gasteiger partial charge is 0.352 e. The molecule has 0 unspecified atom stereocenters. The molecule has 0 radical (unpaired) electrons. The summed E-state index contributed by atoms with van der Waals surface area (Å²) < 4.78 is 28.1. The van der Waals surface area contributed by atoms with Crippen LogP contribution in [0.25, 0.3) is 11.0 Å². The number of hydrogen-bond acceptors (Lipinski definition) is 6. The van der Waals surface area contributed by atoms with Crippen molar-refractivity contribution in [3.8, 4) is 6.07 Å². The van der Waals surface area contributed by atoms with E-state index in [2.05, 4.69) is 35.5 Å². The molecule has 1 atom stereocenters. The lowest BCUT2D eigenvalue weighted by atomic mass is 9.97. The van der Waals surface area contributed by atoms with Crippen molar-refractivity contribution in [2.75, 3.05) is 18.4 Å². The molecule has 0 aliphatic carbocycles. The van der Waals surface area contributed by atoms with Crippen molar-refractivity contribution in [2.24, 2.45) is 11.3 Å². The molecule has 1 aliphatic heterocycles. The van der Waals surface area contributed by atoms with Crippen molar-refractivity contribution in [1.82, 2.24) is 19.8 Å². The van der Waals surface area contributed by atoms with E-state index in [0.29, 0.717) is 59.8 Å². The number of carbonyl (C=O) groups excluding carboxylic acids is 3. The van der Waals surface area contributed by atoms with Crippen LogP contribution in [0.2, 0.25) is 0 Å². The first-order chi connectivity index (χ1) is 21.3. The first-order valence-electron chi connectivity index (χ1n) is 15.2. The first kappa shape index (κ1) is 33.8. The zero-order valence-corrected chi connectivity index (χ0v) is 27.1. The number of alkyl halides is 2. The number of nitrogens with zero attached hydrogens (tertiary/aromatic N) is 4. The normalized spacial score (nSPS) is 15.6. The lowest BCUT2D eigenvalue weighted by Crippen LogP contribution is -2.39. The molecular weight excluding hydrogens is 598 g/mol. The van der Waals surface area contributed by atoms with Gasteiger partial charge in [0.25, 0.3) is 24.1 Å². The van der Waals surface area contributed by atoms with Crippen molar-refractivity contribution in [1.29, 1.82) is 5.26 Å². The Morgan fingerprint density at radius 2 is 1.93 bits per heavy atom. The molecule has 2 N–H and O–H groups in total. The first-order valence-corrected chi connectivity index (χ1v) is 16.0. The van der Waals surface area contributed by atoms with Crippen LogP contribution in [0.1, 0.15) is 91.6 Å². The molecule has 45 heavy (non-hydrogen) atoms. The lowest BCUT2D eigenvalue weighted by Gasteiger charge is -2.26. The van der Waals surface area contributed by atoms with Gasteiger partial charge in [0.05, 0.1) is 26.8 Å². The summed E-state index contributed by atoms with van der Waals surface area (Å²) in [5.41, 5.74) is 1.49. The van der Waals surface area contributed by atoms with Crippen LogP contribution < -0.4 is 10.6 Å². The zero-order chi connectivity index (χ0) is 32.9. The molecule has 1 aromatic carbocycles. The molecular formula is C33H40F2N6O3S. The van der Waals surface area contributed by atoms with Gasteiger partial charge in [0.2, 0.25) is 5.95 Å². The molecule has 1 saturated heterocycles. The van der Waals surface area contributed by atoms with Crippen LogP contribution in [0, 0.1) is 22.7 Å². The zero-order valence-electron chi connectivity index (χ0n) is 26.3. The number of carbonyl (C=O) groups is 3. The highest BCUT2D eigenvalue weighted by Gasteiger charge is 2.32. The van der Waals surface area contributed by atoms with Gasteiger partial charge < -0.3 is 14.8 Å². The van der Waals surface area contributed by atoms with Crippen LogP contribution in [-0.4, -0.2) is 51.3 Å². The Balaban J connectivity index is 1.66. The van der Waals surface area contributed by atoms with E-state index < -0.39 is 12.3 Å². The minimum atomic E-state index is -2.69. The van der Waals surface area contributed by atoms with Gasteiger partial charge in [0.15, 0.2) is 0 Å². The summed E-state index contributed by atoms with van der Waals surface area (Å²) in [5, 5.41) is 15.4. The summed E-state index contributed by atoms with van der Waals surface area (Å²) in [4.78, 5) is 45.7. The summed E-state index contributed by atoms with van der Waals surface area (Å²) in [7, 11) is 0. The number of allylic oxidation sites excluding steroid dienone is 1. The average molecular weight is 639 g/mol. The molecule has 0 bridgehead atoms. The van der Waals surface area contributed by atoms with E-state index >= 15 is 0 Å². The van der Waals surface area contributed by atoms with Crippen LogP contribution in [0.3, 0.4) is 0 Å². The fraction of sp³-hybridized carbons (Fsp3) is 0.485. The van der Waals surface area contributed by atoms with E-state index in [1.165, 1.54) is 12.1 Å². The topological polar surface area (TPSA) is 120 Å². The van der Waals surface area contributed by atoms with Crippen molar-refractivity contribution in [3.63, 3.8) is 0 Å². The lowest BCUT2D eigenvalue weighted by molar-refractivity contribution is -0.127. The number of nitriles is 1. The number of likely N-dealkylation sites (tertiary alicyclic amines) is 1. The summed E-state index contributed by atoms with van der Waals surface area (Å²) >= 11 is 0.704. The van der Waals surface area contributed by atoms with Gasteiger partial charge in [0.1, 0.15) is 11.6 Å². The Bertz CT molecular complexity index is 1630. The maximum absolute atomic E-state index is 13.4. The summed E-state index contributed by atoms with van der Waals surface area (Å²) in [6.07, 6.45) is 1.95. The summed E-state index contributed by atoms with van der Waals surface area (Å²) in [6, 6.07) is 9.42. The number of anilines is 1. The second-order valence-electron chi connectivity index (χ2n) is 12.9. The van der Waals surface area contributed by atoms with Crippen LogP contribution in [0.15, 0.2) is 42.0 Å². The highest BCUT2D eigenvalue weighted by atomic mass is 32.1. The summed E-state index contributed by atoms with van der Waals surface area (Å²) in [5.74, 6) is -0.562. The molecule has 3 amide bonds. The van der Waals surface area contributed by atoms with Gasteiger partial charge in [0, 0.05) is 25.2 Å². The van der Waals surface area contributed by atoms with Crippen LogP contribution >= 0.6 is 11.3 Å². The molecule has 9 nitrogen and oxygen atoms in total. The smallest absolute Gasteiger partial charge is 0.272 e. The Kier molecular flexibility index (Phi) is 10.8. The number of imidazole rings is 1. The Hall–Kier alpha value is -4.11. The molecule has 0 spiro atoms. The number of hydrogen-bond donors (Lipinski definition) is 2. The number of halogens is 2. The number of rotatable bonds is 11. The standard InChI is InChI=1S/C33H40F2N6O3S/c1-20(2)8-6-9-22(17-36)31(44)40-15-7-10-23(40)18-41-25-12-11-21(29(42)37-19-33(3,4)5)16-24(25)38-32(41)39-30(43)27-14-13-26(45-27)28(34)35/h9,11-14,16,20,23,28H,6-8,10,15,18-19H2,1-5H3,(H,37,42)(H,38,39,43)/b22-9+/t23-/m1/s1.